The number of rotatable bonds is 6. The van der Waals surface area contributed by atoms with Gasteiger partial charge in [0, 0.05) is 38.2 Å². The molecule has 1 aliphatic rings. The maximum atomic E-state index is 12.8. The molecule has 1 amide bonds. The summed E-state index contributed by atoms with van der Waals surface area (Å²) in [6, 6.07) is 9.42. The number of benzene rings is 1. The molecule has 2 rings (SSSR count). The summed E-state index contributed by atoms with van der Waals surface area (Å²) >= 11 is 1.90. The topological polar surface area (TPSA) is 60.9 Å². The summed E-state index contributed by atoms with van der Waals surface area (Å²) in [6.07, 6.45) is -0.0282. The Labute approximate surface area is 135 Å². The quantitative estimate of drug-likeness (QED) is 0.864. The first-order valence-corrected chi connectivity index (χ1v) is 8.58. The molecule has 1 unspecified atom stereocenters. The van der Waals surface area contributed by atoms with Crippen molar-refractivity contribution in [1.29, 1.82) is 0 Å². The molecule has 0 aliphatic carbocycles. The molecule has 5 nitrogen and oxygen atoms in total. The summed E-state index contributed by atoms with van der Waals surface area (Å²) in [7, 11) is 1.68. The molecule has 1 atom stereocenters. The van der Waals surface area contributed by atoms with E-state index >= 15 is 0 Å². The van der Waals surface area contributed by atoms with Crippen molar-refractivity contribution in [2.45, 2.75) is 12.5 Å². The van der Waals surface area contributed by atoms with Crippen molar-refractivity contribution >= 4 is 23.6 Å². The number of likely N-dealkylation sites (N-methyl/N-ethyl adjacent to an activating group) is 1. The third-order valence-corrected chi connectivity index (χ3v) is 4.74. The average Bonchev–Trinajstić information content (AvgIpc) is 2.54. The van der Waals surface area contributed by atoms with Gasteiger partial charge in [-0.2, -0.15) is 11.8 Å². The van der Waals surface area contributed by atoms with Crippen LogP contribution in [0.2, 0.25) is 0 Å². The summed E-state index contributed by atoms with van der Waals surface area (Å²) < 4.78 is 0. The molecule has 1 N–H and O–H groups in total. The van der Waals surface area contributed by atoms with E-state index in [9.17, 15) is 9.59 Å². The highest BCUT2D eigenvalue weighted by atomic mass is 32.2. The van der Waals surface area contributed by atoms with Crippen LogP contribution in [0.5, 0.6) is 0 Å². The zero-order chi connectivity index (χ0) is 15.9. The van der Waals surface area contributed by atoms with Gasteiger partial charge in [-0.05, 0) is 5.56 Å². The number of carbonyl (C=O) groups is 2. The van der Waals surface area contributed by atoms with E-state index in [2.05, 4.69) is 4.90 Å². The largest absolute Gasteiger partial charge is 0.481 e. The van der Waals surface area contributed by atoms with Crippen molar-refractivity contribution in [3.63, 3.8) is 0 Å². The van der Waals surface area contributed by atoms with Crippen molar-refractivity contribution in [3.05, 3.63) is 35.9 Å². The molecule has 0 saturated carbocycles. The number of amides is 1. The molecule has 1 heterocycles. The Morgan fingerprint density at radius 1 is 1.27 bits per heavy atom. The first-order valence-electron chi connectivity index (χ1n) is 7.43. The number of carbonyl (C=O) groups excluding carboxylic acids is 1. The Hall–Kier alpha value is -1.53. The molecule has 22 heavy (non-hydrogen) atoms. The Balaban J connectivity index is 2.16. The Morgan fingerprint density at radius 3 is 2.50 bits per heavy atom. The molecule has 1 aromatic carbocycles. The van der Waals surface area contributed by atoms with E-state index in [-0.39, 0.29) is 24.9 Å². The van der Waals surface area contributed by atoms with Crippen molar-refractivity contribution in [2.75, 3.05) is 38.2 Å². The van der Waals surface area contributed by atoms with Gasteiger partial charge in [-0.25, -0.2) is 0 Å². The molecule has 1 saturated heterocycles. The van der Waals surface area contributed by atoms with Crippen LogP contribution in [0.25, 0.3) is 0 Å². The predicted octanol–water partition coefficient (Wildman–Crippen LogP) is 1.71. The van der Waals surface area contributed by atoms with E-state index in [1.807, 2.05) is 42.1 Å². The zero-order valence-electron chi connectivity index (χ0n) is 12.8. The van der Waals surface area contributed by atoms with Crippen LogP contribution in [0.1, 0.15) is 18.0 Å². The van der Waals surface area contributed by atoms with Gasteiger partial charge < -0.3 is 10.0 Å². The first kappa shape index (κ1) is 16.8. The maximum absolute atomic E-state index is 12.8. The fourth-order valence-electron chi connectivity index (χ4n) is 2.56. The van der Waals surface area contributed by atoms with Gasteiger partial charge in [0.05, 0.1) is 6.42 Å². The molecule has 0 spiro atoms. The van der Waals surface area contributed by atoms with E-state index in [1.54, 1.807) is 7.05 Å². The normalized spacial score (nSPS) is 17.0. The standard InChI is InChI=1S/C16H22N2O3S/c1-17(8-7-14(19)20)16(21)15(13-5-3-2-4-6-13)18-9-11-22-12-10-18/h2-6,15H,7-12H2,1H3,(H,19,20). The SMILES string of the molecule is CN(CCC(=O)O)C(=O)C(c1ccccc1)N1CCSCC1. The Kier molecular flexibility index (Phi) is 6.27. The Bertz CT molecular complexity index is 503. The van der Waals surface area contributed by atoms with Crippen molar-refractivity contribution in [2.24, 2.45) is 0 Å². The minimum Gasteiger partial charge on any atom is -0.481 e. The highest BCUT2D eigenvalue weighted by Crippen LogP contribution is 2.26. The number of thioether (sulfide) groups is 1. The highest BCUT2D eigenvalue weighted by Gasteiger charge is 2.30. The summed E-state index contributed by atoms with van der Waals surface area (Å²) in [5, 5.41) is 8.80. The number of carboxylic acids is 1. The van der Waals surface area contributed by atoms with Gasteiger partial charge >= 0.3 is 5.97 Å². The Morgan fingerprint density at radius 2 is 1.91 bits per heavy atom. The zero-order valence-corrected chi connectivity index (χ0v) is 13.6. The maximum Gasteiger partial charge on any atom is 0.305 e. The molecule has 1 aromatic rings. The van der Waals surface area contributed by atoms with Gasteiger partial charge in [0.25, 0.3) is 0 Å². The molecule has 0 bridgehead atoms. The van der Waals surface area contributed by atoms with Crippen LogP contribution >= 0.6 is 11.8 Å². The minimum absolute atomic E-state index is 0.0282. The predicted molar refractivity (Wildman–Crippen MR) is 88.0 cm³/mol. The number of carboxylic acid groups (broad SMARTS) is 1. The van der Waals surface area contributed by atoms with Crippen LogP contribution < -0.4 is 0 Å². The van der Waals surface area contributed by atoms with Gasteiger partial charge in [-0.1, -0.05) is 30.3 Å². The molecule has 120 valence electrons. The smallest absolute Gasteiger partial charge is 0.305 e. The minimum atomic E-state index is -0.884. The molecule has 0 aromatic heterocycles. The summed E-state index contributed by atoms with van der Waals surface area (Å²) in [6.45, 7) is 1.99. The second kappa shape index (κ2) is 8.19. The summed E-state index contributed by atoms with van der Waals surface area (Å²) in [4.78, 5) is 27.3. The van der Waals surface area contributed by atoms with Crippen molar-refractivity contribution < 1.29 is 14.7 Å². The van der Waals surface area contributed by atoms with Gasteiger partial charge in [-0.15, -0.1) is 0 Å². The molecule has 1 fully saturated rings. The van der Waals surface area contributed by atoms with Crippen LogP contribution in [0.3, 0.4) is 0 Å². The molecule has 6 heteroatoms. The molecular formula is C16H22N2O3S. The van der Waals surface area contributed by atoms with Crippen molar-refractivity contribution in [1.82, 2.24) is 9.80 Å². The molecule has 1 aliphatic heterocycles. The average molecular weight is 322 g/mol. The lowest BCUT2D eigenvalue weighted by Gasteiger charge is -2.35. The monoisotopic (exact) mass is 322 g/mol. The second-order valence-corrected chi connectivity index (χ2v) is 6.59. The third-order valence-electron chi connectivity index (χ3n) is 3.80. The molecule has 0 radical (unpaired) electrons. The van der Waals surface area contributed by atoms with Gasteiger partial charge in [0.2, 0.25) is 5.91 Å². The van der Waals surface area contributed by atoms with E-state index in [4.69, 9.17) is 5.11 Å². The van der Waals surface area contributed by atoms with E-state index in [0.29, 0.717) is 0 Å². The van der Waals surface area contributed by atoms with E-state index in [1.165, 1.54) is 4.90 Å². The summed E-state index contributed by atoms with van der Waals surface area (Å²) in [5.74, 6) is 1.13. The molecular weight excluding hydrogens is 300 g/mol. The van der Waals surface area contributed by atoms with Gasteiger partial charge in [0.15, 0.2) is 0 Å². The van der Waals surface area contributed by atoms with Crippen LogP contribution in [0, 0.1) is 0 Å². The highest BCUT2D eigenvalue weighted by molar-refractivity contribution is 7.99. The lowest BCUT2D eigenvalue weighted by molar-refractivity contribution is -0.139. The second-order valence-electron chi connectivity index (χ2n) is 5.37. The lowest BCUT2D eigenvalue weighted by atomic mass is 10.0. The number of nitrogens with zero attached hydrogens (tertiary/aromatic N) is 2. The van der Waals surface area contributed by atoms with Crippen LogP contribution in [-0.4, -0.2) is 65.0 Å². The van der Waals surface area contributed by atoms with Gasteiger partial charge in [-0.3, -0.25) is 14.5 Å². The van der Waals surface area contributed by atoms with Crippen LogP contribution in [0.15, 0.2) is 30.3 Å². The fourth-order valence-corrected chi connectivity index (χ4v) is 3.49. The lowest BCUT2D eigenvalue weighted by Crippen LogP contribution is -2.45. The van der Waals surface area contributed by atoms with Crippen LogP contribution in [0.4, 0.5) is 0 Å². The number of hydrogen-bond acceptors (Lipinski definition) is 4. The fraction of sp³-hybridized carbons (Fsp3) is 0.500. The number of aliphatic carboxylic acids is 1. The first-order chi connectivity index (χ1) is 10.6. The van der Waals surface area contributed by atoms with E-state index < -0.39 is 5.97 Å². The van der Waals surface area contributed by atoms with E-state index in [0.717, 1.165) is 30.2 Å². The van der Waals surface area contributed by atoms with Crippen molar-refractivity contribution in [3.8, 4) is 0 Å². The number of hydrogen-bond donors (Lipinski definition) is 1. The van der Waals surface area contributed by atoms with Crippen LogP contribution in [-0.2, 0) is 9.59 Å². The third kappa shape index (κ3) is 4.48. The summed E-state index contributed by atoms with van der Waals surface area (Å²) in [5.41, 5.74) is 0.974. The van der Waals surface area contributed by atoms with Gasteiger partial charge in [0.1, 0.15) is 6.04 Å².